The highest BCUT2D eigenvalue weighted by molar-refractivity contribution is 14.1. The first-order valence-corrected chi connectivity index (χ1v) is 5.28. The van der Waals surface area contributed by atoms with Crippen LogP contribution in [-0.2, 0) is 6.54 Å². The third-order valence-corrected chi connectivity index (χ3v) is 3.86. The minimum Gasteiger partial charge on any atom is -0.326 e. The number of hydrogen-bond donors (Lipinski definition) is 2. The van der Waals surface area contributed by atoms with Crippen molar-refractivity contribution in [1.82, 2.24) is 0 Å². The van der Waals surface area contributed by atoms with Gasteiger partial charge in [-0.1, -0.05) is 0 Å². The molecular weight excluding hydrogens is 281 g/mol. The van der Waals surface area contributed by atoms with Crippen LogP contribution in [0.1, 0.15) is 16.7 Å². The van der Waals surface area contributed by atoms with E-state index >= 15 is 0 Å². The maximum absolute atomic E-state index is 5.60. The summed E-state index contributed by atoms with van der Waals surface area (Å²) in [5, 5.41) is 0. The van der Waals surface area contributed by atoms with E-state index < -0.39 is 0 Å². The Hall–Kier alpha value is 0.260. The molecule has 0 bridgehead atoms. The average Bonchev–Trinajstić information content (AvgIpc) is 2.08. The maximum Gasteiger partial charge on any atom is 0.0181 e. The molecule has 0 saturated carbocycles. The number of halogens is 1. The summed E-state index contributed by atoms with van der Waals surface area (Å²) < 4.78 is 1.24. The lowest BCUT2D eigenvalue weighted by Gasteiger charge is -2.10. The van der Waals surface area contributed by atoms with Crippen molar-refractivity contribution < 1.29 is 0 Å². The van der Waals surface area contributed by atoms with Crippen LogP contribution in [0.4, 0.5) is 0 Å². The Labute approximate surface area is 92.3 Å². The van der Waals surface area contributed by atoms with E-state index in [4.69, 9.17) is 5.73 Å². The van der Waals surface area contributed by atoms with Crippen LogP contribution in [0.2, 0.25) is 0 Å². The predicted molar refractivity (Wildman–Crippen MR) is 63.8 cm³/mol. The highest BCUT2D eigenvalue weighted by atomic mass is 127. The predicted octanol–water partition coefficient (Wildman–Crippen LogP) is 2.66. The minimum absolute atomic E-state index is 0.593. The smallest absolute Gasteiger partial charge is 0.0181 e. The Bertz CT molecular complexity index is 310. The second-order valence-corrected chi connectivity index (χ2v) is 4.43. The van der Waals surface area contributed by atoms with Gasteiger partial charge < -0.3 is 5.73 Å². The maximum atomic E-state index is 5.60. The van der Waals surface area contributed by atoms with Crippen molar-refractivity contribution in [2.45, 2.75) is 25.3 Å². The SMILES string of the molecule is Cc1c(I)cc(CN)c(C)c1S. The van der Waals surface area contributed by atoms with Crippen molar-refractivity contribution in [2.75, 3.05) is 0 Å². The van der Waals surface area contributed by atoms with Gasteiger partial charge in [-0.3, -0.25) is 0 Å². The van der Waals surface area contributed by atoms with E-state index in [-0.39, 0.29) is 0 Å². The molecule has 0 amide bonds. The molecule has 1 aromatic rings. The summed E-state index contributed by atoms with van der Waals surface area (Å²) in [4.78, 5) is 1.07. The highest BCUT2D eigenvalue weighted by Crippen LogP contribution is 2.26. The zero-order valence-corrected chi connectivity index (χ0v) is 10.2. The Morgan fingerprint density at radius 1 is 1.42 bits per heavy atom. The quantitative estimate of drug-likeness (QED) is 0.604. The van der Waals surface area contributed by atoms with E-state index in [1.807, 2.05) is 0 Å². The third-order valence-electron chi connectivity index (χ3n) is 2.07. The molecule has 0 fully saturated rings. The standard InChI is InChI=1S/C9H12INS/c1-5-7(4-11)3-8(10)6(2)9(5)12/h3,12H,4,11H2,1-2H3. The zero-order chi connectivity index (χ0) is 9.30. The monoisotopic (exact) mass is 293 g/mol. The summed E-state index contributed by atoms with van der Waals surface area (Å²) in [6.45, 7) is 4.74. The second-order valence-electron chi connectivity index (χ2n) is 2.82. The Balaban J connectivity index is 3.39. The van der Waals surface area contributed by atoms with Crippen LogP contribution in [-0.4, -0.2) is 0 Å². The molecule has 0 saturated heterocycles. The molecule has 66 valence electrons. The van der Waals surface area contributed by atoms with E-state index in [1.54, 1.807) is 0 Å². The normalized spacial score (nSPS) is 10.4. The van der Waals surface area contributed by atoms with Crippen LogP contribution in [0.5, 0.6) is 0 Å². The van der Waals surface area contributed by atoms with Gasteiger partial charge in [-0.25, -0.2) is 0 Å². The molecule has 0 unspecified atom stereocenters. The van der Waals surface area contributed by atoms with Gasteiger partial charge in [-0.05, 0) is 59.2 Å². The number of rotatable bonds is 1. The molecule has 1 aromatic carbocycles. The molecule has 1 nitrogen and oxygen atoms in total. The molecule has 0 aliphatic rings. The largest absolute Gasteiger partial charge is 0.326 e. The number of thiol groups is 1. The summed E-state index contributed by atoms with van der Waals surface area (Å²) in [6.07, 6.45) is 0. The first-order chi connectivity index (χ1) is 5.57. The first kappa shape index (κ1) is 10.3. The van der Waals surface area contributed by atoms with Crippen molar-refractivity contribution in [3.8, 4) is 0 Å². The van der Waals surface area contributed by atoms with Crippen LogP contribution < -0.4 is 5.73 Å². The molecular formula is C9H12INS. The fraction of sp³-hybridized carbons (Fsp3) is 0.333. The average molecular weight is 293 g/mol. The lowest BCUT2D eigenvalue weighted by Crippen LogP contribution is -2.02. The third kappa shape index (κ3) is 1.78. The summed E-state index contributed by atoms with van der Waals surface area (Å²) >= 11 is 6.76. The fourth-order valence-corrected chi connectivity index (χ4v) is 2.25. The Morgan fingerprint density at radius 3 is 2.50 bits per heavy atom. The van der Waals surface area contributed by atoms with Crippen molar-refractivity contribution in [3.05, 3.63) is 26.3 Å². The van der Waals surface area contributed by atoms with E-state index in [0.717, 1.165) is 4.90 Å². The second kappa shape index (κ2) is 3.98. The molecule has 0 atom stereocenters. The first-order valence-electron chi connectivity index (χ1n) is 3.75. The van der Waals surface area contributed by atoms with E-state index in [2.05, 4.69) is 55.1 Å². The molecule has 1 rings (SSSR count). The van der Waals surface area contributed by atoms with E-state index in [0.29, 0.717) is 6.54 Å². The number of benzene rings is 1. The lowest BCUT2D eigenvalue weighted by molar-refractivity contribution is 1.01. The van der Waals surface area contributed by atoms with Crippen molar-refractivity contribution in [1.29, 1.82) is 0 Å². The Morgan fingerprint density at radius 2 is 2.00 bits per heavy atom. The molecule has 0 heterocycles. The van der Waals surface area contributed by atoms with E-state index in [9.17, 15) is 0 Å². The van der Waals surface area contributed by atoms with Crippen molar-refractivity contribution in [2.24, 2.45) is 5.73 Å². The topological polar surface area (TPSA) is 26.0 Å². The van der Waals surface area contributed by atoms with Crippen LogP contribution in [0, 0.1) is 17.4 Å². The fourth-order valence-electron chi connectivity index (χ4n) is 1.13. The summed E-state index contributed by atoms with van der Waals surface area (Å²) in [5.41, 5.74) is 9.24. The van der Waals surface area contributed by atoms with E-state index in [1.165, 1.54) is 20.3 Å². The summed E-state index contributed by atoms with van der Waals surface area (Å²) in [5.74, 6) is 0. The van der Waals surface area contributed by atoms with Gasteiger partial charge in [0.15, 0.2) is 0 Å². The summed E-state index contributed by atoms with van der Waals surface area (Å²) in [6, 6.07) is 2.13. The molecule has 12 heavy (non-hydrogen) atoms. The molecule has 0 aromatic heterocycles. The number of nitrogens with two attached hydrogens (primary N) is 1. The van der Waals surface area contributed by atoms with Gasteiger partial charge in [0, 0.05) is 15.0 Å². The molecule has 0 aliphatic carbocycles. The van der Waals surface area contributed by atoms with Gasteiger partial charge in [0.2, 0.25) is 0 Å². The van der Waals surface area contributed by atoms with Gasteiger partial charge in [0.1, 0.15) is 0 Å². The van der Waals surface area contributed by atoms with Crippen molar-refractivity contribution in [3.63, 3.8) is 0 Å². The minimum atomic E-state index is 0.593. The molecule has 3 heteroatoms. The molecule has 0 aliphatic heterocycles. The number of hydrogen-bond acceptors (Lipinski definition) is 2. The lowest BCUT2D eigenvalue weighted by atomic mass is 10.1. The van der Waals surface area contributed by atoms with Gasteiger partial charge in [-0.2, -0.15) is 0 Å². The van der Waals surface area contributed by atoms with Gasteiger partial charge in [-0.15, -0.1) is 12.6 Å². The molecule has 2 N–H and O–H groups in total. The Kier molecular flexibility index (Phi) is 3.43. The van der Waals surface area contributed by atoms with Crippen LogP contribution in [0.25, 0.3) is 0 Å². The van der Waals surface area contributed by atoms with Gasteiger partial charge in [0.05, 0.1) is 0 Å². The van der Waals surface area contributed by atoms with Gasteiger partial charge in [0.25, 0.3) is 0 Å². The summed E-state index contributed by atoms with van der Waals surface area (Å²) in [7, 11) is 0. The highest BCUT2D eigenvalue weighted by Gasteiger charge is 2.06. The van der Waals surface area contributed by atoms with Gasteiger partial charge >= 0.3 is 0 Å². The molecule has 0 radical (unpaired) electrons. The zero-order valence-electron chi connectivity index (χ0n) is 7.19. The molecule has 0 spiro atoms. The van der Waals surface area contributed by atoms with Crippen LogP contribution in [0.15, 0.2) is 11.0 Å². The van der Waals surface area contributed by atoms with Crippen molar-refractivity contribution >= 4 is 35.2 Å². The van der Waals surface area contributed by atoms with Crippen LogP contribution in [0.3, 0.4) is 0 Å². The van der Waals surface area contributed by atoms with Crippen LogP contribution >= 0.6 is 35.2 Å².